The van der Waals surface area contributed by atoms with Crippen LogP contribution in [-0.4, -0.2) is 126 Å². The number of amides is 5. The van der Waals surface area contributed by atoms with Crippen molar-refractivity contribution in [3.63, 3.8) is 0 Å². The van der Waals surface area contributed by atoms with Crippen LogP contribution in [0.25, 0.3) is 0 Å². The van der Waals surface area contributed by atoms with Crippen LogP contribution < -0.4 is 10.6 Å². The second-order valence-corrected chi connectivity index (χ2v) is 19.6. The van der Waals surface area contributed by atoms with Crippen LogP contribution in [0.1, 0.15) is 78.3 Å². The smallest absolute Gasteiger partial charge is 0.413 e. The first kappa shape index (κ1) is 46.8. The van der Waals surface area contributed by atoms with E-state index in [2.05, 4.69) is 25.9 Å². The summed E-state index contributed by atoms with van der Waals surface area (Å²) in [5.74, 6) is -3.01. The third-order valence-electron chi connectivity index (χ3n) is 9.42. The summed E-state index contributed by atoms with van der Waals surface area (Å²) < 4.78 is 17.2. The SMILES string of the molecule is CC(C)(C)OC(=O)Nc1nc(/C(=N/OC(C)(C)C(=O)OC(C)(C)C)C(=O)N[C@@H]2C(=O)N3C[C@@](C(=O)OC(c4ccccc4)c4ccccc4)(N4CCN(/N=C/CCl)C4=O)S[C@H]23)cs1. The fraction of sp³-hybridized carbons (Fsp3) is 0.452. The number of thioether (sulfide) groups is 1. The highest BCUT2D eigenvalue weighted by Gasteiger charge is 2.67. The number of hydrogen-bond donors (Lipinski definition) is 2. The normalized spacial score (nSPS) is 20.4. The van der Waals surface area contributed by atoms with Crippen LogP contribution in [0.15, 0.2) is 76.3 Å². The maximum Gasteiger partial charge on any atom is 0.413 e. The van der Waals surface area contributed by atoms with E-state index in [-0.39, 0.29) is 36.3 Å². The van der Waals surface area contributed by atoms with Gasteiger partial charge in [0.25, 0.3) is 5.91 Å². The Hall–Kier alpha value is -5.73. The maximum absolute atomic E-state index is 14.8. The van der Waals surface area contributed by atoms with E-state index in [1.807, 2.05) is 60.7 Å². The molecule has 0 unspecified atom stereocenters. The molecule has 3 atom stereocenters. The molecule has 0 aliphatic carbocycles. The van der Waals surface area contributed by atoms with Crippen LogP contribution in [0, 0.1) is 0 Å². The molecule has 3 saturated heterocycles. The average Bonchev–Trinajstić information content (AvgIpc) is 3.93. The number of anilines is 1. The number of carbonyl (C=O) groups excluding carboxylic acids is 6. The minimum atomic E-state index is -1.78. The molecule has 5 amide bonds. The number of esters is 2. The average molecular weight is 925 g/mol. The summed E-state index contributed by atoms with van der Waals surface area (Å²) in [6.07, 6.45) is -0.315. The molecule has 21 heteroatoms. The molecular weight excluding hydrogens is 876 g/mol. The second-order valence-electron chi connectivity index (χ2n) is 17.0. The van der Waals surface area contributed by atoms with E-state index < -0.39 is 80.8 Å². The largest absolute Gasteiger partial charge is 0.457 e. The summed E-state index contributed by atoms with van der Waals surface area (Å²) in [6.45, 7) is 12.8. The molecule has 6 rings (SSSR count). The fourth-order valence-electron chi connectivity index (χ4n) is 6.52. The standard InChI is InChI=1S/C42H49ClN8O10S2/c1-39(2,3)59-34(54)41(7,8)61-48-28(27-23-62-36(45-27)47-37(56)60-40(4,5)6)31(52)46-29-32(53)49-24-42(63-33(29)49,50-21-22-51(38(50)57)44-20-19-43)35(55)58-30(25-15-11-9-12-16-25)26-17-13-10-14-18-26/h9-18,20,23,29-30,33H,19,21-22,24H2,1-8H3,(H,46,52)(H,45,47,56)/b44-20+,48-28-/t29-,33-,42-/m1/s1. The van der Waals surface area contributed by atoms with Gasteiger partial charge in [-0.15, -0.1) is 22.9 Å². The number of carbonyl (C=O) groups is 6. The second kappa shape index (κ2) is 18.5. The molecule has 3 aromatic rings. The minimum Gasteiger partial charge on any atom is -0.457 e. The zero-order valence-corrected chi connectivity index (χ0v) is 38.3. The van der Waals surface area contributed by atoms with Gasteiger partial charge in [0.1, 0.15) is 28.3 Å². The van der Waals surface area contributed by atoms with E-state index in [9.17, 15) is 28.8 Å². The number of urea groups is 1. The molecule has 2 N–H and O–H groups in total. The summed E-state index contributed by atoms with van der Waals surface area (Å²) in [4.78, 5) is 93.6. The van der Waals surface area contributed by atoms with Crippen molar-refractivity contribution in [1.29, 1.82) is 0 Å². The van der Waals surface area contributed by atoms with E-state index >= 15 is 0 Å². The van der Waals surface area contributed by atoms with Crippen molar-refractivity contribution in [1.82, 2.24) is 25.1 Å². The van der Waals surface area contributed by atoms with Crippen LogP contribution in [-0.2, 0) is 38.2 Å². The lowest BCUT2D eigenvalue weighted by atomic mass is 10.0. The van der Waals surface area contributed by atoms with Crippen molar-refractivity contribution in [2.24, 2.45) is 10.3 Å². The lowest BCUT2D eigenvalue weighted by Gasteiger charge is -2.41. The van der Waals surface area contributed by atoms with Gasteiger partial charge in [0.05, 0.1) is 19.0 Å². The van der Waals surface area contributed by atoms with Gasteiger partial charge in [-0.1, -0.05) is 77.6 Å². The van der Waals surface area contributed by atoms with Crippen molar-refractivity contribution in [3.05, 3.63) is 82.9 Å². The Morgan fingerprint density at radius 1 is 0.937 bits per heavy atom. The Morgan fingerprint density at radius 2 is 1.56 bits per heavy atom. The predicted molar refractivity (Wildman–Crippen MR) is 236 cm³/mol. The molecule has 3 aliphatic rings. The molecule has 336 valence electrons. The van der Waals surface area contributed by atoms with Crippen LogP contribution in [0.4, 0.5) is 14.7 Å². The molecule has 4 heterocycles. The van der Waals surface area contributed by atoms with E-state index in [4.69, 9.17) is 30.6 Å². The Labute approximate surface area is 377 Å². The topological polar surface area (TPSA) is 211 Å². The molecule has 0 radical (unpaired) electrons. The highest BCUT2D eigenvalue weighted by atomic mass is 35.5. The number of hydrazone groups is 1. The van der Waals surface area contributed by atoms with E-state index in [0.29, 0.717) is 11.1 Å². The monoisotopic (exact) mass is 924 g/mol. The molecule has 63 heavy (non-hydrogen) atoms. The first-order chi connectivity index (χ1) is 29.6. The minimum absolute atomic E-state index is 0.0462. The lowest BCUT2D eigenvalue weighted by molar-refractivity contribution is -0.179. The number of nitrogens with one attached hydrogen (secondary N) is 2. The van der Waals surface area contributed by atoms with Crippen molar-refractivity contribution < 1.29 is 47.8 Å². The Morgan fingerprint density at radius 3 is 2.14 bits per heavy atom. The number of thiazole rings is 1. The maximum atomic E-state index is 14.8. The quantitative estimate of drug-likeness (QED) is 0.0497. The Kier molecular flexibility index (Phi) is 13.8. The van der Waals surface area contributed by atoms with E-state index in [1.165, 1.54) is 40.3 Å². The lowest BCUT2D eigenvalue weighted by Crippen LogP contribution is -2.68. The van der Waals surface area contributed by atoms with Crippen LogP contribution in [0.3, 0.4) is 0 Å². The van der Waals surface area contributed by atoms with Gasteiger partial charge in [-0.3, -0.25) is 19.8 Å². The highest BCUT2D eigenvalue weighted by Crippen LogP contribution is 2.51. The van der Waals surface area contributed by atoms with Crippen LogP contribution >= 0.6 is 34.7 Å². The fourth-order valence-corrected chi connectivity index (χ4v) is 8.94. The van der Waals surface area contributed by atoms with Crippen LogP contribution in [0.5, 0.6) is 0 Å². The molecule has 2 aromatic carbocycles. The Balaban J connectivity index is 1.30. The summed E-state index contributed by atoms with van der Waals surface area (Å²) in [5, 5.41) is 15.2. The van der Waals surface area contributed by atoms with Gasteiger partial charge in [0, 0.05) is 18.1 Å². The molecule has 0 bridgehead atoms. The predicted octanol–water partition coefficient (Wildman–Crippen LogP) is 5.72. The van der Waals surface area contributed by atoms with Crippen LogP contribution in [0.2, 0.25) is 0 Å². The number of β-lactam (4-membered cyclic amide) rings is 1. The van der Waals surface area contributed by atoms with Gasteiger partial charge in [-0.25, -0.2) is 29.2 Å². The molecule has 0 saturated carbocycles. The number of ether oxygens (including phenoxy) is 3. The first-order valence-electron chi connectivity index (χ1n) is 19.9. The van der Waals surface area contributed by atoms with Gasteiger partial charge in [-0.2, -0.15) is 5.10 Å². The van der Waals surface area contributed by atoms with Gasteiger partial charge < -0.3 is 29.3 Å². The summed E-state index contributed by atoms with van der Waals surface area (Å²) in [7, 11) is 0. The number of rotatable bonds is 14. The molecule has 3 aliphatic heterocycles. The summed E-state index contributed by atoms with van der Waals surface area (Å²) in [5.41, 5.74) is -2.54. The molecule has 3 fully saturated rings. The number of fused-ring (bicyclic) bond motifs is 1. The van der Waals surface area contributed by atoms with Gasteiger partial charge in [0.15, 0.2) is 16.9 Å². The third-order valence-corrected chi connectivity index (χ3v) is 12.0. The summed E-state index contributed by atoms with van der Waals surface area (Å²) in [6, 6.07) is 16.4. The van der Waals surface area contributed by atoms with Gasteiger partial charge >= 0.3 is 24.1 Å². The number of benzene rings is 2. The zero-order chi connectivity index (χ0) is 45.9. The zero-order valence-electron chi connectivity index (χ0n) is 35.9. The number of halogens is 1. The highest BCUT2D eigenvalue weighted by molar-refractivity contribution is 8.02. The van der Waals surface area contributed by atoms with Crippen molar-refractivity contribution in [2.75, 3.05) is 30.8 Å². The van der Waals surface area contributed by atoms with Crippen molar-refractivity contribution in [2.45, 2.75) is 94.6 Å². The van der Waals surface area contributed by atoms with Crippen molar-refractivity contribution >= 4 is 87.6 Å². The molecule has 1 aromatic heterocycles. The number of nitrogens with zero attached hydrogens (tertiary/aromatic N) is 6. The summed E-state index contributed by atoms with van der Waals surface area (Å²) >= 11 is 7.77. The molecule has 18 nitrogen and oxygen atoms in total. The van der Waals surface area contributed by atoms with Crippen molar-refractivity contribution in [3.8, 4) is 0 Å². The first-order valence-corrected chi connectivity index (χ1v) is 22.1. The molecular formula is C42H49ClN8O10S2. The van der Waals surface area contributed by atoms with E-state index in [0.717, 1.165) is 23.1 Å². The van der Waals surface area contributed by atoms with E-state index in [1.54, 1.807) is 41.5 Å². The third kappa shape index (κ3) is 10.7. The number of oxime groups is 1. The number of aromatic nitrogens is 1. The number of hydrogen-bond acceptors (Lipinski definition) is 15. The number of alkyl halides is 1. The Bertz CT molecular complexity index is 2240. The molecule has 0 spiro atoms. The van der Waals surface area contributed by atoms with Gasteiger partial charge in [0.2, 0.25) is 16.4 Å². The van der Waals surface area contributed by atoms with Gasteiger partial charge in [-0.05, 0) is 66.5 Å².